The van der Waals surface area contributed by atoms with Crippen LogP contribution < -0.4 is 5.32 Å². The summed E-state index contributed by atoms with van der Waals surface area (Å²) in [4.78, 5) is 12.2. The first-order valence-electron chi connectivity index (χ1n) is 6.68. The second-order valence-corrected chi connectivity index (χ2v) is 5.90. The number of rotatable bonds is 4. The molecule has 1 atom stereocenters. The molecule has 0 spiro atoms. The summed E-state index contributed by atoms with van der Waals surface area (Å²) in [7, 11) is 0. The van der Waals surface area contributed by atoms with Crippen LogP contribution in [0.5, 0.6) is 5.75 Å². The van der Waals surface area contributed by atoms with E-state index < -0.39 is 0 Å². The number of amides is 1. The Hall–Kier alpha value is -1.82. The molecular weight excluding hydrogens is 334 g/mol. The summed E-state index contributed by atoms with van der Waals surface area (Å²) in [5.74, 6) is -0.218. The molecule has 1 aromatic heterocycles. The summed E-state index contributed by atoms with van der Waals surface area (Å²) >= 11 is 3.48. The number of aromatic hydroxyl groups is 1. The molecule has 6 heteroatoms. The number of carbonyl (C=O) groups is 1. The number of phenolic OH excluding ortho intramolecular Hbond substituents is 1. The Morgan fingerprint density at radius 3 is 2.76 bits per heavy atom. The van der Waals surface area contributed by atoms with Gasteiger partial charge in [-0.25, -0.2) is 0 Å². The zero-order valence-electron chi connectivity index (χ0n) is 12.2. The lowest BCUT2D eigenvalue weighted by Crippen LogP contribution is -2.25. The van der Waals surface area contributed by atoms with Crippen LogP contribution in [-0.4, -0.2) is 20.8 Å². The van der Waals surface area contributed by atoms with E-state index in [1.165, 1.54) is 6.07 Å². The van der Waals surface area contributed by atoms with E-state index in [0.717, 1.165) is 15.9 Å². The van der Waals surface area contributed by atoms with E-state index in [2.05, 4.69) is 26.3 Å². The van der Waals surface area contributed by atoms with Crippen molar-refractivity contribution < 1.29 is 9.90 Å². The number of nitrogens with zero attached hydrogens (tertiary/aromatic N) is 2. The predicted octanol–water partition coefficient (Wildman–Crippen LogP) is 3.24. The Labute approximate surface area is 132 Å². The van der Waals surface area contributed by atoms with Crippen LogP contribution >= 0.6 is 15.9 Å². The van der Waals surface area contributed by atoms with Gasteiger partial charge in [0.05, 0.1) is 22.6 Å². The van der Waals surface area contributed by atoms with Gasteiger partial charge in [0, 0.05) is 17.4 Å². The van der Waals surface area contributed by atoms with Crippen molar-refractivity contribution in [2.24, 2.45) is 5.92 Å². The summed E-state index contributed by atoms with van der Waals surface area (Å²) in [5, 5.41) is 16.6. The quantitative estimate of drug-likeness (QED) is 0.888. The number of carbonyl (C=O) groups excluding carboxylic acids is 1. The lowest BCUT2D eigenvalue weighted by molar-refractivity contribution is -0.119. The van der Waals surface area contributed by atoms with Crippen molar-refractivity contribution in [1.29, 1.82) is 0 Å². The molecule has 0 bridgehead atoms. The average Bonchev–Trinajstić information content (AvgIpc) is 2.66. The highest BCUT2D eigenvalue weighted by molar-refractivity contribution is 9.10. The maximum absolute atomic E-state index is 12.2. The normalized spacial score (nSPS) is 12.2. The van der Waals surface area contributed by atoms with Crippen LogP contribution in [0, 0.1) is 19.8 Å². The average molecular weight is 352 g/mol. The number of aromatic nitrogens is 2. The van der Waals surface area contributed by atoms with E-state index in [0.29, 0.717) is 12.2 Å². The molecule has 0 saturated heterocycles. The van der Waals surface area contributed by atoms with E-state index in [-0.39, 0.29) is 17.6 Å². The highest BCUT2D eigenvalue weighted by Crippen LogP contribution is 2.21. The number of aryl methyl sites for hydroxylation is 1. The number of halogens is 1. The molecule has 1 amide bonds. The number of hydrogen-bond donors (Lipinski definition) is 2. The topological polar surface area (TPSA) is 67.2 Å². The van der Waals surface area contributed by atoms with Gasteiger partial charge in [0.25, 0.3) is 0 Å². The van der Waals surface area contributed by atoms with Crippen LogP contribution in [0.15, 0.2) is 28.7 Å². The molecule has 1 aromatic carbocycles. The third-order valence-electron chi connectivity index (χ3n) is 3.30. The fourth-order valence-corrected chi connectivity index (χ4v) is 2.33. The first kappa shape index (κ1) is 15.6. The van der Waals surface area contributed by atoms with Gasteiger partial charge in [0.1, 0.15) is 5.75 Å². The summed E-state index contributed by atoms with van der Waals surface area (Å²) in [6.07, 6.45) is 0. The molecule has 0 saturated carbocycles. The van der Waals surface area contributed by atoms with Crippen molar-refractivity contribution in [2.75, 3.05) is 5.32 Å². The molecule has 1 unspecified atom stereocenters. The first-order chi connectivity index (χ1) is 9.88. The fourth-order valence-electron chi connectivity index (χ4n) is 2.04. The number of nitrogens with one attached hydrogen (secondary N) is 1. The van der Waals surface area contributed by atoms with Crippen LogP contribution in [0.1, 0.15) is 18.3 Å². The Kier molecular flexibility index (Phi) is 4.67. The van der Waals surface area contributed by atoms with Crippen molar-refractivity contribution in [3.05, 3.63) is 40.1 Å². The maximum Gasteiger partial charge on any atom is 0.229 e. The minimum atomic E-state index is -0.239. The zero-order chi connectivity index (χ0) is 15.6. The molecule has 0 aliphatic heterocycles. The summed E-state index contributed by atoms with van der Waals surface area (Å²) < 4.78 is 2.80. The molecular formula is C15H18BrN3O2. The first-order valence-corrected chi connectivity index (χ1v) is 7.47. The highest BCUT2D eigenvalue weighted by Gasteiger charge is 2.17. The Bertz CT molecular complexity index is 667. The number of benzene rings is 1. The molecule has 21 heavy (non-hydrogen) atoms. The van der Waals surface area contributed by atoms with Gasteiger partial charge < -0.3 is 10.4 Å². The Morgan fingerprint density at radius 2 is 2.19 bits per heavy atom. The summed E-state index contributed by atoms with van der Waals surface area (Å²) in [6, 6.07) is 6.51. The number of hydrogen-bond acceptors (Lipinski definition) is 3. The van der Waals surface area contributed by atoms with Crippen LogP contribution in [0.3, 0.4) is 0 Å². The standard InChI is InChI=1S/C15H18BrN3O2/c1-9(8-19-11(3)14(16)10(2)18-19)15(21)17-12-5-4-6-13(20)7-12/h4-7,9,20H,8H2,1-3H3,(H,17,21). The zero-order valence-corrected chi connectivity index (χ0v) is 13.8. The van der Waals surface area contributed by atoms with Gasteiger partial charge in [0.2, 0.25) is 5.91 Å². The van der Waals surface area contributed by atoms with Gasteiger partial charge in [-0.05, 0) is 41.9 Å². The van der Waals surface area contributed by atoms with Crippen molar-refractivity contribution in [3.63, 3.8) is 0 Å². The van der Waals surface area contributed by atoms with Crippen molar-refractivity contribution in [3.8, 4) is 5.75 Å². The summed E-state index contributed by atoms with van der Waals surface area (Å²) in [6.45, 7) is 6.24. The maximum atomic E-state index is 12.2. The van der Waals surface area contributed by atoms with Crippen molar-refractivity contribution in [1.82, 2.24) is 9.78 Å². The minimum Gasteiger partial charge on any atom is -0.508 e. The van der Waals surface area contributed by atoms with Crippen LogP contribution in [0.2, 0.25) is 0 Å². The van der Waals surface area contributed by atoms with E-state index in [9.17, 15) is 9.90 Å². The monoisotopic (exact) mass is 351 g/mol. The van der Waals surface area contributed by atoms with Gasteiger partial charge in [-0.3, -0.25) is 9.48 Å². The lowest BCUT2D eigenvalue weighted by Gasteiger charge is -2.13. The van der Waals surface area contributed by atoms with E-state index in [1.54, 1.807) is 18.2 Å². The number of anilines is 1. The third-order valence-corrected chi connectivity index (χ3v) is 4.45. The third kappa shape index (κ3) is 3.64. The smallest absolute Gasteiger partial charge is 0.229 e. The van der Waals surface area contributed by atoms with Crippen LogP contribution in [0.25, 0.3) is 0 Å². The Morgan fingerprint density at radius 1 is 1.48 bits per heavy atom. The molecule has 0 radical (unpaired) electrons. The molecule has 2 N–H and O–H groups in total. The predicted molar refractivity (Wildman–Crippen MR) is 85.3 cm³/mol. The van der Waals surface area contributed by atoms with E-state index >= 15 is 0 Å². The van der Waals surface area contributed by atoms with Crippen molar-refractivity contribution in [2.45, 2.75) is 27.3 Å². The fraction of sp³-hybridized carbons (Fsp3) is 0.333. The molecule has 2 rings (SSSR count). The molecule has 0 fully saturated rings. The second kappa shape index (κ2) is 6.30. The largest absolute Gasteiger partial charge is 0.508 e. The molecule has 1 heterocycles. The molecule has 0 aliphatic carbocycles. The SMILES string of the molecule is Cc1nn(CC(C)C(=O)Nc2cccc(O)c2)c(C)c1Br. The van der Waals surface area contributed by atoms with Gasteiger partial charge in [-0.15, -0.1) is 0 Å². The minimum absolute atomic E-state index is 0.107. The molecule has 2 aromatic rings. The Balaban J connectivity index is 2.04. The highest BCUT2D eigenvalue weighted by atomic mass is 79.9. The number of phenols is 1. The van der Waals surface area contributed by atoms with E-state index in [1.807, 2.05) is 25.5 Å². The summed E-state index contributed by atoms with van der Waals surface area (Å²) in [5.41, 5.74) is 2.50. The van der Waals surface area contributed by atoms with Gasteiger partial charge >= 0.3 is 0 Å². The van der Waals surface area contributed by atoms with Gasteiger partial charge in [0.15, 0.2) is 0 Å². The van der Waals surface area contributed by atoms with E-state index in [4.69, 9.17) is 0 Å². The van der Waals surface area contributed by atoms with Crippen LogP contribution in [-0.2, 0) is 11.3 Å². The lowest BCUT2D eigenvalue weighted by atomic mass is 10.1. The van der Waals surface area contributed by atoms with Gasteiger partial charge in [-0.2, -0.15) is 5.10 Å². The van der Waals surface area contributed by atoms with Gasteiger partial charge in [-0.1, -0.05) is 13.0 Å². The molecule has 5 nitrogen and oxygen atoms in total. The van der Waals surface area contributed by atoms with Crippen LogP contribution in [0.4, 0.5) is 5.69 Å². The molecule has 0 aliphatic rings. The second-order valence-electron chi connectivity index (χ2n) is 5.11. The molecule has 112 valence electrons. The van der Waals surface area contributed by atoms with Crippen molar-refractivity contribution >= 4 is 27.5 Å².